The number of alkyl halides is 3. The second-order valence-corrected chi connectivity index (χ2v) is 8.50. The molecule has 8 heteroatoms. The molecule has 0 fully saturated rings. The van der Waals surface area contributed by atoms with Crippen LogP contribution in [0.2, 0.25) is 0 Å². The molecule has 0 bridgehead atoms. The fourth-order valence-electron chi connectivity index (χ4n) is 1.93. The van der Waals surface area contributed by atoms with Crippen molar-refractivity contribution in [3.05, 3.63) is 57.7 Å². The zero-order chi connectivity index (χ0) is 17.7. The topological polar surface area (TPSA) is 29.5 Å². The van der Waals surface area contributed by atoms with Gasteiger partial charge in [-0.25, -0.2) is 4.31 Å². The first-order chi connectivity index (χ1) is 11.3. The normalized spacial score (nSPS) is 11.2. The van der Waals surface area contributed by atoms with E-state index in [2.05, 4.69) is 0 Å². The average molecular weight is 500 g/mol. The van der Waals surface area contributed by atoms with Crippen LogP contribution in [0.15, 0.2) is 48.5 Å². The standard InChI is InChI=1S/C16H13Cl2FINO2S/c1-2-23-12-7-5-6-11(10-12)21(24-16(17,18)19)15(22)13-8-3-4-9-14(13)20/h3-10H,2H2,1H3. The lowest BCUT2D eigenvalue weighted by atomic mass is 10.2. The zero-order valence-electron chi connectivity index (χ0n) is 12.5. The summed E-state index contributed by atoms with van der Waals surface area (Å²) in [5.74, 6) is 0.131. The van der Waals surface area contributed by atoms with E-state index in [1.165, 1.54) is 0 Å². The minimum atomic E-state index is -2.66. The molecule has 0 saturated heterocycles. The van der Waals surface area contributed by atoms with Gasteiger partial charge in [0.15, 0.2) is 0 Å². The molecular formula is C16H13Cl2FINO2S. The van der Waals surface area contributed by atoms with E-state index in [0.717, 1.165) is 7.88 Å². The zero-order valence-corrected chi connectivity index (χ0v) is 17.0. The molecule has 2 rings (SSSR count). The molecule has 0 saturated carbocycles. The van der Waals surface area contributed by atoms with E-state index in [4.69, 9.17) is 27.9 Å². The Balaban J connectivity index is 2.43. The highest BCUT2D eigenvalue weighted by molar-refractivity contribution is 14.1. The molecule has 0 radical (unpaired) electrons. The van der Waals surface area contributed by atoms with E-state index in [0.29, 0.717) is 35.6 Å². The molecule has 24 heavy (non-hydrogen) atoms. The summed E-state index contributed by atoms with van der Waals surface area (Å²) in [7, 11) is 0. The molecule has 0 N–H and O–H groups in total. The summed E-state index contributed by atoms with van der Waals surface area (Å²) in [6.07, 6.45) is 0. The van der Waals surface area contributed by atoms with Crippen LogP contribution in [0.1, 0.15) is 17.3 Å². The smallest absolute Gasteiger partial charge is 0.324 e. The molecular weight excluding hydrogens is 487 g/mol. The summed E-state index contributed by atoms with van der Waals surface area (Å²) in [5.41, 5.74) is 0.837. The van der Waals surface area contributed by atoms with Gasteiger partial charge in [-0.05, 0) is 53.8 Å². The number of hydrogen-bond donors (Lipinski definition) is 0. The van der Waals surface area contributed by atoms with Gasteiger partial charge in [0.2, 0.25) is 0 Å². The van der Waals surface area contributed by atoms with Crippen LogP contribution in [-0.2, 0) is 0 Å². The van der Waals surface area contributed by atoms with Crippen LogP contribution in [0.5, 0.6) is 5.75 Å². The molecule has 0 aliphatic rings. The molecule has 0 heterocycles. The van der Waals surface area contributed by atoms with Crippen molar-refractivity contribution in [1.82, 2.24) is 0 Å². The van der Waals surface area contributed by atoms with Crippen LogP contribution in [0.4, 0.5) is 10.1 Å². The Bertz CT molecular complexity index is 727. The minimum absolute atomic E-state index is 0.382. The summed E-state index contributed by atoms with van der Waals surface area (Å²) in [4.78, 5) is 12.9. The summed E-state index contributed by atoms with van der Waals surface area (Å²) in [6, 6.07) is 13.7. The molecule has 0 aliphatic carbocycles. The number of benzene rings is 2. The molecule has 0 aliphatic heterocycles. The highest BCUT2D eigenvalue weighted by Gasteiger charge is 2.32. The summed E-state index contributed by atoms with van der Waals surface area (Å²) in [5, 5.41) is 0. The molecule has 2 aromatic rings. The number of amides is 1. The highest BCUT2D eigenvalue weighted by Crippen LogP contribution is 2.42. The van der Waals surface area contributed by atoms with Crippen molar-refractivity contribution in [3.63, 3.8) is 0 Å². The van der Waals surface area contributed by atoms with Gasteiger partial charge in [0, 0.05) is 21.6 Å². The van der Waals surface area contributed by atoms with E-state index in [9.17, 15) is 9.18 Å². The summed E-state index contributed by atoms with van der Waals surface area (Å²) < 4.78 is 18.5. The fraction of sp³-hybridized carbons (Fsp3) is 0.188. The predicted molar refractivity (Wildman–Crippen MR) is 107 cm³/mol. The van der Waals surface area contributed by atoms with Crippen LogP contribution in [-0.4, -0.2) is 16.4 Å². The fourth-order valence-corrected chi connectivity index (χ4v) is 3.56. The largest absolute Gasteiger partial charge is 0.494 e. The van der Waals surface area contributed by atoms with E-state index in [1.807, 2.05) is 35.6 Å². The number of nitrogens with zero attached hydrogens (tertiary/aromatic N) is 1. The summed E-state index contributed by atoms with van der Waals surface area (Å²) in [6.45, 7) is 2.32. The number of hydrogen-bond acceptors (Lipinski definition) is 3. The Morgan fingerprint density at radius 3 is 2.62 bits per heavy atom. The third-order valence-electron chi connectivity index (χ3n) is 2.85. The number of ether oxygens (including phenoxy) is 1. The quantitative estimate of drug-likeness (QED) is 0.275. The molecule has 0 atom stereocenters. The van der Waals surface area contributed by atoms with E-state index < -0.39 is 9.83 Å². The number of carbonyl (C=O) groups excluding carboxylic acids is 1. The van der Waals surface area contributed by atoms with Crippen molar-refractivity contribution >= 4 is 69.3 Å². The van der Waals surface area contributed by atoms with Gasteiger partial charge < -0.3 is 4.74 Å². The minimum Gasteiger partial charge on any atom is -0.494 e. The van der Waals surface area contributed by atoms with Gasteiger partial charge in [0.1, 0.15) is 5.75 Å². The molecule has 0 aromatic heterocycles. The Morgan fingerprint density at radius 1 is 1.29 bits per heavy atom. The van der Waals surface area contributed by atoms with Crippen LogP contribution < -0.4 is 9.04 Å². The first-order valence-electron chi connectivity index (χ1n) is 6.89. The third-order valence-corrected chi connectivity index (χ3v) is 4.97. The van der Waals surface area contributed by atoms with Gasteiger partial charge in [-0.15, -0.1) is 0 Å². The number of rotatable bonds is 6. The van der Waals surface area contributed by atoms with Crippen LogP contribution in [0.25, 0.3) is 0 Å². The Labute approximate surface area is 167 Å². The monoisotopic (exact) mass is 499 g/mol. The molecule has 0 spiro atoms. The Morgan fingerprint density at radius 2 is 2.00 bits per heavy atom. The van der Waals surface area contributed by atoms with Crippen molar-refractivity contribution < 1.29 is 13.9 Å². The van der Waals surface area contributed by atoms with Gasteiger partial charge in [-0.1, -0.05) is 41.4 Å². The first kappa shape index (κ1) is 19.6. The third kappa shape index (κ3) is 5.40. The van der Waals surface area contributed by atoms with Gasteiger partial charge in [0.05, 0.1) is 17.9 Å². The van der Waals surface area contributed by atoms with Crippen molar-refractivity contribution in [3.8, 4) is 5.75 Å². The van der Waals surface area contributed by atoms with Crippen LogP contribution >= 0.6 is 57.7 Å². The van der Waals surface area contributed by atoms with Gasteiger partial charge in [-0.2, -0.15) is 4.39 Å². The summed E-state index contributed by atoms with van der Waals surface area (Å²) >= 11 is 13.4. The number of anilines is 1. The second kappa shape index (κ2) is 8.60. The SMILES string of the molecule is CCOc1cccc(N(SC(F)(Cl)Cl)C(=O)c2ccccc2I)c1. The van der Waals surface area contributed by atoms with Crippen molar-refractivity contribution in [1.29, 1.82) is 0 Å². The highest BCUT2D eigenvalue weighted by atomic mass is 127. The molecule has 3 nitrogen and oxygen atoms in total. The number of halogens is 4. The van der Waals surface area contributed by atoms with E-state index >= 15 is 0 Å². The maximum absolute atomic E-state index is 13.8. The first-order valence-corrected chi connectivity index (χ1v) is 9.50. The maximum Gasteiger partial charge on any atom is 0.324 e. The Kier molecular flexibility index (Phi) is 7.03. The van der Waals surface area contributed by atoms with Gasteiger partial charge >= 0.3 is 3.92 Å². The molecule has 0 unspecified atom stereocenters. The maximum atomic E-state index is 13.8. The van der Waals surface area contributed by atoms with Crippen molar-refractivity contribution in [2.24, 2.45) is 0 Å². The lowest BCUT2D eigenvalue weighted by molar-refractivity contribution is 0.101. The van der Waals surface area contributed by atoms with Gasteiger partial charge in [-0.3, -0.25) is 4.79 Å². The van der Waals surface area contributed by atoms with Crippen molar-refractivity contribution in [2.45, 2.75) is 10.8 Å². The van der Waals surface area contributed by atoms with Crippen molar-refractivity contribution in [2.75, 3.05) is 10.9 Å². The van der Waals surface area contributed by atoms with Crippen LogP contribution in [0.3, 0.4) is 0 Å². The second-order valence-electron chi connectivity index (χ2n) is 4.55. The van der Waals surface area contributed by atoms with E-state index in [1.54, 1.807) is 42.5 Å². The average Bonchev–Trinajstić information content (AvgIpc) is 2.52. The molecule has 2 aromatic carbocycles. The van der Waals surface area contributed by atoms with Gasteiger partial charge in [0.25, 0.3) is 5.91 Å². The van der Waals surface area contributed by atoms with E-state index in [-0.39, 0.29) is 0 Å². The molecule has 1 amide bonds. The number of carbonyl (C=O) groups is 1. The molecule has 128 valence electrons. The Hall–Kier alpha value is -0.700. The predicted octanol–water partition coefficient (Wildman–Crippen LogP) is 6.04. The van der Waals surface area contributed by atoms with Crippen LogP contribution in [0, 0.1) is 3.57 Å². The lowest BCUT2D eigenvalue weighted by Crippen LogP contribution is -2.28. The lowest BCUT2D eigenvalue weighted by Gasteiger charge is -2.24.